The molecule has 0 amide bonds. The van der Waals surface area contributed by atoms with E-state index in [1.54, 1.807) is 0 Å². The van der Waals surface area contributed by atoms with Crippen molar-refractivity contribution in [1.82, 2.24) is 4.98 Å². The summed E-state index contributed by atoms with van der Waals surface area (Å²) >= 11 is 0. The van der Waals surface area contributed by atoms with Crippen molar-refractivity contribution in [2.75, 3.05) is 0 Å². The number of nitrogens with zero attached hydrogens (tertiary/aromatic N) is 1. The SMILES string of the molecule is CCc1ccc(CC2CCC(N)C2C)nc1. The number of aromatic nitrogens is 1. The van der Waals surface area contributed by atoms with Crippen molar-refractivity contribution < 1.29 is 0 Å². The van der Waals surface area contributed by atoms with Crippen molar-refractivity contribution in [2.45, 2.75) is 45.6 Å². The van der Waals surface area contributed by atoms with Crippen LogP contribution in [0.25, 0.3) is 0 Å². The monoisotopic (exact) mass is 218 g/mol. The molecule has 0 bridgehead atoms. The number of aryl methyl sites for hydroxylation is 1. The minimum Gasteiger partial charge on any atom is -0.327 e. The smallest absolute Gasteiger partial charge is 0.0406 e. The average Bonchev–Trinajstić information content (AvgIpc) is 2.62. The summed E-state index contributed by atoms with van der Waals surface area (Å²) in [6.07, 6.45) is 6.62. The zero-order valence-corrected chi connectivity index (χ0v) is 10.3. The first-order valence-corrected chi connectivity index (χ1v) is 6.40. The van der Waals surface area contributed by atoms with Crippen LogP contribution in [0.1, 0.15) is 37.9 Å². The van der Waals surface area contributed by atoms with Crippen molar-refractivity contribution >= 4 is 0 Å². The minimum atomic E-state index is 0.403. The Labute approximate surface area is 98.3 Å². The summed E-state index contributed by atoms with van der Waals surface area (Å²) in [7, 11) is 0. The molecule has 2 rings (SSSR count). The third-order valence-electron chi connectivity index (χ3n) is 4.06. The van der Waals surface area contributed by atoms with E-state index in [4.69, 9.17) is 5.73 Å². The summed E-state index contributed by atoms with van der Waals surface area (Å²) in [4.78, 5) is 4.53. The lowest BCUT2D eigenvalue weighted by atomic mass is 9.91. The molecule has 3 unspecified atom stereocenters. The lowest BCUT2D eigenvalue weighted by Crippen LogP contribution is -2.25. The second kappa shape index (κ2) is 4.96. The Balaban J connectivity index is 1.98. The fourth-order valence-corrected chi connectivity index (χ4v) is 2.62. The molecule has 0 saturated heterocycles. The first-order chi connectivity index (χ1) is 7.70. The normalized spacial score (nSPS) is 29.6. The van der Waals surface area contributed by atoms with Crippen LogP contribution in [0.15, 0.2) is 18.3 Å². The van der Waals surface area contributed by atoms with Gasteiger partial charge in [-0.15, -0.1) is 0 Å². The van der Waals surface area contributed by atoms with Gasteiger partial charge in [0.05, 0.1) is 0 Å². The highest BCUT2D eigenvalue weighted by molar-refractivity contribution is 5.14. The molecule has 1 saturated carbocycles. The van der Waals surface area contributed by atoms with Gasteiger partial charge in [0.1, 0.15) is 0 Å². The molecule has 0 spiro atoms. The Morgan fingerprint density at radius 2 is 2.19 bits per heavy atom. The second-order valence-electron chi connectivity index (χ2n) is 5.08. The van der Waals surface area contributed by atoms with Gasteiger partial charge in [0.25, 0.3) is 0 Å². The quantitative estimate of drug-likeness (QED) is 0.847. The highest BCUT2D eigenvalue weighted by Gasteiger charge is 2.30. The molecule has 0 radical (unpaired) electrons. The number of pyridine rings is 1. The van der Waals surface area contributed by atoms with Crippen LogP contribution in [0.3, 0.4) is 0 Å². The number of rotatable bonds is 3. The molecular formula is C14H22N2. The fraction of sp³-hybridized carbons (Fsp3) is 0.643. The van der Waals surface area contributed by atoms with Crippen molar-refractivity contribution in [1.29, 1.82) is 0 Å². The van der Waals surface area contributed by atoms with Crippen LogP contribution in [0.4, 0.5) is 0 Å². The zero-order chi connectivity index (χ0) is 11.5. The van der Waals surface area contributed by atoms with E-state index < -0.39 is 0 Å². The van der Waals surface area contributed by atoms with Crippen molar-refractivity contribution in [3.8, 4) is 0 Å². The Morgan fingerprint density at radius 1 is 1.38 bits per heavy atom. The summed E-state index contributed by atoms with van der Waals surface area (Å²) in [5.41, 5.74) is 8.59. The van der Waals surface area contributed by atoms with Gasteiger partial charge in [0.2, 0.25) is 0 Å². The van der Waals surface area contributed by atoms with Crippen molar-refractivity contribution in [2.24, 2.45) is 17.6 Å². The number of hydrogen-bond acceptors (Lipinski definition) is 2. The van der Waals surface area contributed by atoms with E-state index in [-0.39, 0.29) is 0 Å². The summed E-state index contributed by atoms with van der Waals surface area (Å²) in [5, 5.41) is 0. The van der Waals surface area contributed by atoms with E-state index in [0.717, 1.165) is 18.8 Å². The molecule has 1 aromatic rings. The molecule has 2 N–H and O–H groups in total. The van der Waals surface area contributed by atoms with Crippen molar-refractivity contribution in [3.63, 3.8) is 0 Å². The van der Waals surface area contributed by atoms with Gasteiger partial charge in [-0.1, -0.05) is 19.9 Å². The molecule has 0 aliphatic heterocycles. The first kappa shape index (κ1) is 11.6. The van der Waals surface area contributed by atoms with Crippen LogP contribution < -0.4 is 5.73 Å². The molecular weight excluding hydrogens is 196 g/mol. The zero-order valence-electron chi connectivity index (χ0n) is 10.3. The average molecular weight is 218 g/mol. The lowest BCUT2D eigenvalue weighted by molar-refractivity contribution is 0.387. The van der Waals surface area contributed by atoms with Gasteiger partial charge in [-0.05, 0) is 49.1 Å². The Bertz CT molecular complexity index is 331. The predicted molar refractivity (Wildman–Crippen MR) is 67.2 cm³/mol. The van der Waals surface area contributed by atoms with Gasteiger partial charge < -0.3 is 5.73 Å². The predicted octanol–water partition coefficient (Wildman–Crippen LogP) is 2.56. The van der Waals surface area contributed by atoms with E-state index in [9.17, 15) is 0 Å². The van der Waals surface area contributed by atoms with E-state index in [1.807, 2.05) is 6.20 Å². The molecule has 1 fully saturated rings. The van der Waals surface area contributed by atoms with Crippen LogP contribution >= 0.6 is 0 Å². The third-order valence-corrected chi connectivity index (χ3v) is 4.06. The van der Waals surface area contributed by atoms with Gasteiger partial charge in [-0.3, -0.25) is 4.98 Å². The van der Waals surface area contributed by atoms with Gasteiger partial charge in [0, 0.05) is 17.9 Å². The molecule has 1 aliphatic carbocycles. The van der Waals surface area contributed by atoms with Crippen LogP contribution in [0, 0.1) is 11.8 Å². The molecule has 2 heteroatoms. The van der Waals surface area contributed by atoms with Gasteiger partial charge >= 0.3 is 0 Å². The highest BCUT2D eigenvalue weighted by atomic mass is 14.7. The summed E-state index contributed by atoms with van der Waals surface area (Å²) in [6, 6.07) is 4.77. The fourth-order valence-electron chi connectivity index (χ4n) is 2.62. The topological polar surface area (TPSA) is 38.9 Å². The van der Waals surface area contributed by atoms with Crippen LogP contribution in [-0.4, -0.2) is 11.0 Å². The molecule has 3 atom stereocenters. The number of hydrogen-bond donors (Lipinski definition) is 1. The van der Waals surface area contributed by atoms with Crippen molar-refractivity contribution in [3.05, 3.63) is 29.6 Å². The van der Waals surface area contributed by atoms with E-state index >= 15 is 0 Å². The van der Waals surface area contributed by atoms with E-state index in [0.29, 0.717) is 12.0 Å². The number of nitrogens with two attached hydrogens (primary N) is 1. The maximum atomic E-state index is 6.05. The maximum absolute atomic E-state index is 6.05. The summed E-state index contributed by atoms with van der Waals surface area (Å²) in [5.74, 6) is 1.38. The summed E-state index contributed by atoms with van der Waals surface area (Å²) < 4.78 is 0. The maximum Gasteiger partial charge on any atom is 0.0406 e. The molecule has 16 heavy (non-hydrogen) atoms. The minimum absolute atomic E-state index is 0.403. The van der Waals surface area contributed by atoms with E-state index in [1.165, 1.54) is 24.1 Å². The van der Waals surface area contributed by atoms with Gasteiger partial charge in [-0.25, -0.2) is 0 Å². The van der Waals surface area contributed by atoms with Crippen LogP contribution in [0.2, 0.25) is 0 Å². The second-order valence-corrected chi connectivity index (χ2v) is 5.08. The lowest BCUT2D eigenvalue weighted by Gasteiger charge is -2.17. The van der Waals surface area contributed by atoms with Crippen LogP contribution in [-0.2, 0) is 12.8 Å². The molecule has 1 aliphatic rings. The standard InChI is InChI=1S/C14H22N2/c1-3-11-4-6-13(16-9-11)8-12-5-7-14(15)10(12)2/h4,6,9-10,12,14H,3,5,7-8,15H2,1-2H3. The van der Waals surface area contributed by atoms with Gasteiger partial charge in [-0.2, -0.15) is 0 Å². The molecule has 88 valence electrons. The highest BCUT2D eigenvalue weighted by Crippen LogP contribution is 2.32. The third kappa shape index (κ3) is 2.43. The molecule has 1 aromatic heterocycles. The largest absolute Gasteiger partial charge is 0.327 e. The Morgan fingerprint density at radius 3 is 2.69 bits per heavy atom. The first-order valence-electron chi connectivity index (χ1n) is 6.40. The molecule has 0 aromatic carbocycles. The Kier molecular flexibility index (Phi) is 3.59. The van der Waals surface area contributed by atoms with E-state index in [2.05, 4.69) is 31.0 Å². The summed E-state index contributed by atoms with van der Waals surface area (Å²) in [6.45, 7) is 4.44. The molecule has 1 heterocycles. The molecule has 2 nitrogen and oxygen atoms in total. The van der Waals surface area contributed by atoms with Gasteiger partial charge in [0.15, 0.2) is 0 Å². The Hall–Kier alpha value is -0.890. The van der Waals surface area contributed by atoms with Crippen LogP contribution in [0.5, 0.6) is 0 Å².